The van der Waals surface area contributed by atoms with Crippen LogP contribution in [0, 0.1) is 17.0 Å². The molecule has 0 aliphatic carbocycles. The molecular formula is C18H17F2N3O2S. The van der Waals surface area contributed by atoms with Gasteiger partial charge in [-0.25, -0.2) is 8.78 Å². The molecule has 2 aliphatic rings. The molecule has 3 heterocycles. The van der Waals surface area contributed by atoms with Gasteiger partial charge in [0.25, 0.3) is 5.91 Å². The number of carbonyl (C=O) groups excluding carboxylic acids is 2. The van der Waals surface area contributed by atoms with Crippen LogP contribution in [0.5, 0.6) is 0 Å². The number of aromatic nitrogens is 1. The van der Waals surface area contributed by atoms with E-state index in [1.54, 1.807) is 16.6 Å². The van der Waals surface area contributed by atoms with Crippen molar-refractivity contribution in [3.63, 3.8) is 0 Å². The molecule has 0 N–H and O–H groups in total. The Kier molecular flexibility index (Phi) is 4.22. The number of anilines is 1. The summed E-state index contributed by atoms with van der Waals surface area (Å²) in [7, 11) is 0. The number of rotatable bonds is 2. The topological polar surface area (TPSA) is 53.5 Å². The Morgan fingerprint density at radius 3 is 2.58 bits per heavy atom. The summed E-state index contributed by atoms with van der Waals surface area (Å²) in [4.78, 5) is 33.0. The van der Waals surface area contributed by atoms with Crippen molar-refractivity contribution in [2.24, 2.45) is 5.41 Å². The molecule has 1 aromatic carbocycles. The summed E-state index contributed by atoms with van der Waals surface area (Å²) in [6, 6.07) is 3.15. The van der Waals surface area contributed by atoms with Crippen molar-refractivity contribution in [1.29, 1.82) is 0 Å². The summed E-state index contributed by atoms with van der Waals surface area (Å²) in [6.45, 7) is 1.31. The predicted molar refractivity (Wildman–Crippen MR) is 93.0 cm³/mol. The fourth-order valence-corrected chi connectivity index (χ4v) is 4.41. The maximum absolute atomic E-state index is 14.1. The van der Waals surface area contributed by atoms with E-state index in [0.29, 0.717) is 43.8 Å². The van der Waals surface area contributed by atoms with Gasteiger partial charge in [-0.15, -0.1) is 11.3 Å². The second-order valence-corrected chi connectivity index (χ2v) is 7.63. The van der Waals surface area contributed by atoms with Crippen LogP contribution in [0.3, 0.4) is 0 Å². The smallest absolute Gasteiger partial charge is 0.265 e. The third-order valence-electron chi connectivity index (χ3n) is 5.36. The predicted octanol–water partition coefficient (Wildman–Crippen LogP) is 3.08. The number of carbonyl (C=O) groups is 2. The number of likely N-dealkylation sites (tertiary alicyclic amines) is 1. The lowest BCUT2D eigenvalue weighted by molar-refractivity contribution is -0.127. The molecule has 2 amide bonds. The molecular weight excluding hydrogens is 360 g/mol. The van der Waals surface area contributed by atoms with Gasteiger partial charge in [0.1, 0.15) is 16.5 Å². The first-order chi connectivity index (χ1) is 12.5. The Hall–Kier alpha value is -2.35. The molecule has 0 unspecified atom stereocenters. The Morgan fingerprint density at radius 2 is 1.88 bits per heavy atom. The molecule has 0 radical (unpaired) electrons. The molecule has 2 aliphatic heterocycles. The zero-order valence-corrected chi connectivity index (χ0v) is 14.8. The molecule has 2 saturated heterocycles. The fraction of sp³-hybridized carbons (Fsp3) is 0.389. The van der Waals surface area contributed by atoms with Gasteiger partial charge < -0.3 is 9.80 Å². The largest absolute Gasteiger partial charge is 0.338 e. The third-order valence-corrected chi connectivity index (χ3v) is 6.12. The van der Waals surface area contributed by atoms with E-state index >= 15 is 0 Å². The first-order valence-electron chi connectivity index (χ1n) is 8.45. The lowest BCUT2D eigenvalue weighted by atomic mass is 9.77. The van der Waals surface area contributed by atoms with Crippen LogP contribution in [0.4, 0.5) is 14.5 Å². The number of amides is 2. The minimum Gasteiger partial charge on any atom is -0.338 e. The van der Waals surface area contributed by atoms with Crippen molar-refractivity contribution in [1.82, 2.24) is 9.88 Å². The summed E-state index contributed by atoms with van der Waals surface area (Å²) >= 11 is 1.29. The summed E-state index contributed by atoms with van der Waals surface area (Å²) in [5, 5.41) is 0. The maximum atomic E-state index is 14.1. The highest BCUT2D eigenvalue weighted by atomic mass is 32.1. The highest BCUT2D eigenvalue weighted by Gasteiger charge is 2.49. The molecule has 0 atom stereocenters. The Labute approximate surface area is 153 Å². The van der Waals surface area contributed by atoms with E-state index in [2.05, 4.69) is 4.98 Å². The van der Waals surface area contributed by atoms with Crippen molar-refractivity contribution in [2.45, 2.75) is 19.3 Å². The minimum atomic E-state index is -0.602. The van der Waals surface area contributed by atoms with Crippen LogP contribution < -0.4 is 4.90 Å². The van der Waals surface area contributed by atoms with Gasteiger partial charge >= 0.3 is 0 Å². The number of hydrogen-bond donors (Lipinski definition) is 0. The van der Waals surface area contributed by atoms with E-state index in [0.717, 1.165) is 18.2 Å². The Bertz CT molecular complexity index is 848. The fourth-order valence-electron chi connectivity index (χ4n) is 3.82. The van der Waals surface area contributed by atoms with Gasteiger partial charge in [0.2, 0.25) is 5.91 Å². The van der Waals surface area contributed by atoms with E-state index in [4.69, 9.17) is 0 Å². The van der Waals surface area contributed by atoms with Gasteiger partial charge in [-0.2, -0.15) is 0 Å². The van der Waals surface area contributed by atoms with Gasteiger partial charge in [0, 0.05) is 25.7 Å². The van der Waals surface area contributed by atoms with Crippen LogP contribution >= 0.6 is 11.3 Å². The summed E-state index contributed by atoms with van der Waals surface area (Å²) < 4.78 is 27.5. The van der Waals surface area contributed by atoms with Gasteiger partial charge in [-0.3, -0.25) is 14.6 Å². The Morgan fingerprint density at radius 1 is 1.15 bits per heavy atom. The summed E-state index contributed by atoms with van der Waals surface area (Å²) in [5.74, 6) is -1.41. The summed E-state index contributed by atoms with van der Waals surface area (Å²) in [5.41, 5.74) is 1.02. The first-order valence-corrected chi connectivity index (χ1v) is 9.33. The average Bonchev–Trinajstić information content (AvgIpc) is 3.28. The van der Waals surface area contributed by atoms with Crippen molar-refractivity contribution in [2.75, 3.05) is 24.5 Å². The first kappa shape index (κ1) is 17.1. The number of nitrogens with zero attached hydrogens (tertiary/aromatic N) is 3. The zero-order valence-electron chi connectivity index (χ0n) is 14.0. The van der Waals surface area contributed by atoms with E-state index in [-0.39, 0.29) is 17.5 Å². The third kappa shape index (κ3) is 2.78. The lowest BCUT2D eigenvalue weighted by Gasteiger charge is -2.37. The van der Waals surface area contributed by atoms with Crippen LogP contribution in [-0.2, 0) is 4.79 Å². The second-order valence-electron chi connectivity index (χ2n) is 6.74. The zero-order chi connectivity index (χ0) is 18.3. The second kappa shape index (κ2) is 6.42. The van der Waals surface area contributed by atoms with Crippen molar-refractivity contribution in [3.8, 4) is 0 Å². The number of benzene rings is 1. The standard InChI is InChI=1S/C18H17F2N3O2S/c19-12-1-2-13(20)14(9-12)23-8-5-18(17(23)25)3-6-22(7-4-18)16(24)15-10-21-11-26-15/h1-2,9-11H,3-8H2. The minimum absolute atomic E-state index is 0.00459. The SMILES string of the molecule is O=C(c1cncs1)N1CCC2(CC1)CCN(c1cc(F)ccc1F)C2=O. The number of halogens is 2. The summed E-state index contributed by atoms with van der Waals surface area (Å²) in [6.07, 6.45) is 3.20. The molecule has 0 saturated carbocycles. The molecule has 8 heteroatoms. The molecule has 2 fully saturated rings. The van der Waals surface area contributed by atoms with E-state index < -0.39 is 17.0 Å². The van der Waals surface area contributed by atoms with Crippen LogP contribution in [0.1, 0.15) is 28.9 Å². The van der Waals surface area contributed by atoms with Crippen molar-refractivity contribution >= 4 is 28.8 Å². The molecule has 2 aromatic rings. The number of hydrogen-bond acceptors (Lipinski definition) is 4. The van der Waals surface area contributed by atoms with Gasteiger partial charge in [-0.05, 0) is 31.4 Å². The van der Waals surface area contributed by atoms with E-state index in [1.807, 2.05) is 0 Å². The van der Waals surface area contributed by atoms with Crippen molar-refractivity contribution < 1.29 is 18.4 Å². The molecule has 136 valence electrons. The molecule has 0 bridgehead atoms. The highest BCUT2D eigenvalue weighted by Crippen LogP contribution is 2.43. The molecule has 5 nitrogen and oxygen atoms in total. The average molecular weight is 377 g/mol. The number of thiazole rings is 1. The van der Waals surface area contributed by atoms with Gasteiger partial charge in [0.15, 0.2) is 0 Å². The lowest BCUT2D eigenvalue weighted by Crippen LogP contribution is -2.46. The van der Waals surface area contributed by atoms with E-state index in [9.17, 15) is 18.4 Å². The van der Waals surface area contributed by atoms with Crippen LogP contribution in [0.25, 0.3) is 0 Å². The molecule has 1 spiro atoms. The van der Waals surface area contributed by atoms with Crippen LogP contribution in [0.15, 0.2) is 29.9 Å². The van der Waals surface area contributed by atoms with Crippen LogP contribution in [-0.4, -0.2) is 41.3 Å². The monoisotopic (exact) mass is 377 g/mol. The van der Waals surface area contributed by atoms with Gasteiger partial charge in [-0.1, -0.05) is 0 Å². The van der Waals surface area contributed by atoms with Gasteiger partial charge in [0.05, 0.1) is 22.8 Å². The normalized spacial score (nSPS) is 19.4. The Balaban J connectivity index is 1.49. The molecule has 26 heavy (non-hydrogen) atoms. The quantitative estimate of drug-likeness (QED) is 0.808. The van der Waals surface area contributed by atoms with Crippen LogP contribution in [0.2, 0.25) is 0 Å². The maximum Gasteiger partial charge on any atom is 0.265 e. The molecule has 1 aromatic heterocycles. The highest BCUT2D eigenvalue weighted by molar-refractivity contribution is 7.11. The van der Waals surface area contributed by atoms with E-state index in [1.165, 1.54) is 16.2 Å². The molecule has 4 rings (SSSR count). The number of piperidine rings is 1. The van der Waals surface area contributed by atoms with Crippen molar-refractivity contribution in [3.05, 3.63) is 46.4 Å².